The Kier molecular flexibility index (Phi) is 3.91. The maximum atomic E-state index is 13.5. The van der Waals surface area contributed by atoms with E-state index in [2.05, 4.69) is 4.98 Å². The van der Waals surface area contributed by atoms with Crippen molar-refractivity contribution in [2.45, 2.75) is 6.61 Å². The van der Waals surface area contributed by atoms with Crippen LogP contribution in [0.15, 0.2) is 36.5 Å². The molecule has 0 saturated carbocycles. The number of hydrogen-bond donors (Lipinski definition) is 0. The van der Waals surface area contributed by atoms with Crippen molar-refractivity contribution in [3.8, 4) is 5.75 Å². The molecule has 0 aliphatic rings. The van der Waals surface area contributed by atoms with Gasteiger partial charge in [0.15, 0.2) is 11.6 Å². The van der Waals surface area contributed by atoms with Gasteiger partial charge in [-0.3, -0.25) is 10.1 Å². The first kappa shape index (κ1) is 13.2. The normalized spacial score (nSPS) is 10.2. The molecule has 0 aliphatic heterocycles. The average molecular weight is 283 g/mol. The van der Waals surface area contributed by atoms with Crippen LogP contribution in [0.3, 0.4) is 0 Å². The quantitative estimate of drug-likeness (QED) is 0.490. The van der Waals surface area contributed by atoms with Crippen LogP contribution in [0.25, 0.3) is 0 Å². The van der Waals surface area contributed by atoms with E-state index in [4.69, 9.17) is 16.3 Å². The van der Waals surface area contributed by atoms with Gasteiger partial charge in [0.05, 0.1) is 11.0 Å². The van der Waals surface area contributed by atoms with E-state index in [9.17, 15) is 14.5 Å². The molecule has 7 heteroatoms. The van der Waals surface area contributed by atoms with Crippen LogP contribution in [0.1, 0.15) is 5.56 Å². The number of non-ortho nitro benzene ring substituents is 1. The van der Waals surface area contributed by atoms with Gasteiger partial charge >= 0.3 is 0 Å². The lowest BCUT2D eigenvalue weighted by molar-refractivity contribution is -0.385. The Morgan fingerprint density at radius 2 is 2.16 bits per heavy atom. The zero-order valence-corrected chi connectivity index (χ0v) is 10.3. The molecule has 0 N–H and O–H groups in total. The lowest BCUT2D eigenvalue weighted by Crippen LogP contribution is -1.98. The number of nitro benzene ring substituents is 1. The van der Waals surface area contributed by atoms with Crippen molar-refractivity contribution < 1.29 is 14.1 Å². The molecule has 98 valence electrons. The van der Waals surface area contributed by atoms with E-state index in [0.29, 0.717) is 5.15 Å². The molecule has 19 heavy (non-hydrogen) atoms. The highest BCUT2D eigenvalue weighted by Gasteiger charge is 2.11. The van der Waals surface area contributed by atoms with Gasteiger partial charge in [0, 0.05) is 12.3 Å². The van der Waals surface area contributed by atoms with E-state index in [1.807, 2.05) is 0 Å². The minimum Gasteiger partial charge on any atom is -0.486 e. The highest BCUT2D eigenvalue weighted by atomic mass is 35.5. The number of nitro groups is 1. The number of ether oxygens (including phenoxy) is 1. The number of aromatic nitrogens is 1. The smallest absolute Gasteiger partial charge is 0.272 e. The van der Waals surface area contributed by atoms with Crippen molar-refractivity contribution in [3.63, 3.8) is 0 Å². The summed E-state index contributed by atoms with van der Waals surface area (Å²) >= 11 is 5.70. The number of rotatable bonds is 4. The van der Waals surface area contributed by atoms with Crippen molar-refractivity contribution in [2.75, 3.05) is 0 Å². The first-order valence-electron chi connectivity index (χ1n) is 5.23. The number of pyridine rings is 1. The molecule has 2 aromatic rings. The minimum atomic E-state index is -0.783. The maximum absolute atomic E-state index is 13.5. The summed E-state index contributed by atoms with van der Waals surface area (Å²) < 4.78 is 18.8. The molecule has 0 fully saturated rings. The second-order valence-electron chi connectivity index (χ2n) is 3.65. The van der Waals surface area contributed by atoms with Crippen LogP contribution in [0.2, 0.25) is 5.15 Å². The molecule has 0 amide bonds. The molecule has 1 aromatic heterocycles. The molecule has 1 heterocycles. The molecule has 0 unspecified atom stereocenters. The molecular formula is C12H8ClFN2O3. The minimum absolute atomic E-state index is 0.0569. The van der Waals surface area contributed by atoms with Crippen molar-refractivity contribution in [1.29, 1.82) is 0 Å². The summed E-state index contributed by atoms with van der Waals surface area (Å²) in [6.07, 6.45) is 1.51. The predicted octanol–water partition coefficient (Wildman–Crippen LogP) is 3.36. The number of benzene rings is 1. The monoisotopic (exact) mass is 282 g/mol. The molecule has 2 rings (SSSR count). The molecule has 0 aliphatic carbocycles. The zero-order valence-electron chi connectivity index (χ0n) is 9.55. The van der Waals surface area contributed by atoms with Gasteiger partial charge in [0.1, 0.15) is 11.8 Å². The summed E-state index contributed by atoms with van der Waals surface area (Å²) in [6, 6.07) is 6.48. The summed E-state index contributed by atoms with van der Waals surface area (Å²) in [7, 11) is 0. The summed E-state index contributed by atoms with van der Waals surface area (Å²) in [5, 5.41) is 10.8. The van der Waals surface area contributed by atoms with E-state index >= 15 is 0 Å². The highest BCUT2D eigenvalue weighted by molar-refractivity contribution is 6.29. The van der Waals surface area contributed by atoms with Crippen molar-refractivity contribution in [1.82, 2.24) is 4.98 Å². The van der Waals surface area contributed by atoms with E-state index in [-0.39, 0.29) is 18.0 Å². The van der Waals surface area contributed by atoms with E-state index in [1.165, 1.54) is 18.3 Å². The second-order valence-corrected chi connectivity index (χ2v) is 4.03. The van der Waals surface area contributed by atoms with Gasteiger partial charge in [-0.2, -0.15) is 0 Å². The van der Waals surface area contributed by atoms with Gasteiger partial charge in [-0.25, -0.2) is 9.37 Å². The Labute approximate surface area is 112 Å². The van der Waals surface area contributed by atoms with E-state index < -0.39 is 10.7 Å². The number of nitrogens with zero attached hydrogens (tertiary/aromatic N) is 2. The molecule has 5 nitrogen and oxygen atoms in total. The Bertz CT molecular complexity index is 622. The molecule has 0 spiro atoms. The van der Waals surface area contributed by atoms with Gasteiger partial charge < -0.3 is 4.74 Å². The third-order valence-electron chi connectivity index (χ3n) is 2.31. The fourth-order valence-electron chi connectivity index (χ4n) is 1.41. The predicted molar refractivity (Wildman–Crippen MR) is 66.6 cm³/mol. The summed E-state index contributed by atoms with van der Waals surface area (Å²) in [4.78, 5) is 13.6. The van der Waals surface area contributed by atoms with Crippen LogP contribution < -0.4 is 4.74 Å². The molecule has 0 atom stereocenters. The largest absolute Gasteiger partial charge is 0.486 e. The van der Waals surface area contributed by atoms with Gasteiger partial charge in [0.25, 0.3) is 5.69 Å². The van der Waals surface area contributed by atoms with Crippen LogP contribution in [0.5, 0.6) is 5.75 Å². The molecule has 1 aromatic carbocycles. The Morgan fingerprint density at radius 3 is 2.79 bits per heavy atom. The van der Waals surface area contributed by atoms with E-state index in [1.54, 1.807) is 12.1 Å². The highest BCUT2D eigenvalue weighted by Crippen LogP contribution is 2.23. The van der Waals surface area contributed by atoms with Crippen LogP contribution >= 0.6 is 11.6 Å². The Hall–Kier alpha value is -2.21. The maximum Gasteiger partial charge on any atom is 0.272 e. The lowest BCUT2D eigenvalue weighted by Gasteiger charge is -2.07. The van der Waals surface area contributed by atoms with Gasteiger partial charge in [-0.05, 0) is 23.8 Å². The van der Waals surface area contributed by atoms with Crippen LogP contribution in [0, 0.1) is 15.9 Å². The standard InChI is InChI=1S/C12H8ClFN2O3/c13-12-5-8(3-4-15-12)7-19-11-2-1-9(16(17)18)6-10(11)14/h1-6H,7H2. The van der Waals surface area contributed by atoms with E-state index in [0.717, 1.165) is 11.6 Å². The van der Waals surface area contributed by atoms with Crippen molar-refractivity contribution in [3.05, 3.63) is 63.2 Å². The van der Waals surface area contributed by atoms with Crippen LogP contribution in [0.4, 0.5) is 10.1 Å². The first-order valence-corrected chi connectivity index (χ1v) is 5.61. The number of halogens is 2. The molecular weight excluding hydrogens is 275 g/mol. The zero-order chi connectivity index (χ0) is 13.8. The Balaban J connectivity index is 2.10. The third-order valence-corrected chi connectivity index (χ3v) is 2.52. The lowest BCUT2D eigenvalue weighted by atomic mass is 10.3. The molecule has 0 radical (unpaired) electrons. The second kappa shape index (κ2) is 5.62. The van der Waals surface area contributed by atoms with Crippen LogP contribution in [-0.2, 0) is 6.61 Å². The SMILES string of the molecule is O=[N+]([O-])c1ccc(OCc2ccnc(Cl)c2)c(F)c1. The number of hydrogen-bond acceptors (Lipinski definition) is 4. The molecule has 0 bridgehead atoms. The van der Waals surface area contributed by atoms with Crippen molar-refractivity contribution in [2.24, 2.45) is 0 Å². The van der Waals surface area contributed by atoms with Crippen molar-refractivity contribution >= 4 is 17.3 Å². The Morgan fingerprint density at radius 1 is 1.37 bits per heavy atom. The average Bonchev–Trinajstić information content (AvgIpc) is 2.37. The fraction of sp³-hybridized carbons (Fsp3) is 0.0833. The topological polar surface area (TPSA) is 65.3 Å². The van der Waals surface area contributed by atoms with Gasteiger partial charge in [-0.1, -0.05) is 11.6 Å². The first-order chi connectivity index (χ1) is 9.06. The third kappa shape index (κ3) is 3.38. The summed E-state index contributed by atoms with van der Waals surface area (Å²) in [5.74, 6) is -0.840. The fourth-order valence-corrected chi connectivity index (χ4v) is 1.61. The van der Waals surface area contributed by atoms with Crippen LogP contribution in [-0.4, -0.2) is 9.91 Å². The molecule has 0 saturated heterocycles. The van der Waals surface area contributed by atoms with Gasteiger partial charge in [-0.15, -0.1) is 0 Å². The summed E-state index contributed by atoms with van der Waals surface area (Å²) in [6.45, 7) is 0.0942. The summed E-state index contributed by atoms with van der Waals surface area (Å²) in [5.41, 5.74) is 0.398. The van der Waals surface area contributed by atoms with Gasteiger partial charge in [0.2, 0.25) is 0 Å².